The molecule has 0 aliphatic carbocycles. The van der Waals surface area contributed by atoms with Gasteiger partial charge in [0.2, 0.25) is 0 Å². The molecule has 0 spiro atoms. The van der Waals surface area contributed by atoms with Crippen LogP contribution in [0.2, 0.25) is 0 Å². The van der Waals surface area contributed by atoms with E-state index in [1.54, 1.807) is 0 Å². The Kier molecular flexibility index (Phi) is 8.95. The summed E-state index contributed by atoms with van der Waals surface area (Å²) in [7, 11) is 1.99. The average molecular weight is 363 g/mol. The molecule has 2 heterocycles. The van der Waals surface area contributed by atoms with E-state index in [0.717, 1.165) is 45.1 Å². The van der Waals surface area contributed by atoms with E-state index < -0.39 is 0 Å². The molecule has 0 bridgehead atoms. The lowest BCUT2D eigenvalue weighted by atomic mass is 10.0. The van der Waals surface area contributed by atoms with Crippen LogP contribution >= 0.6 is 0 Å². The summed E-state index contributed by atoms with van der Waals surface area (Å²) in [6.07, 6.45) is 8.93. The first-order chi connectivity index (χ1) is 12.7. The topological polar surface area (TPSA) is 48.7 Å². The minimum absolute atomic E-state index is 0.567. The Labute approximate surface area is 159 Å². The lowest BCUT2D eigenvalue weighted by Gasteiger charge is -2.22. The Hall–Kier alpha value is -1.56. The van der Waals surface area contributed by atoms with E-state index in [1.807, 2.05) is 17.9 Å². The van der Waals surface area contributed by atoms with Gasteiger partial charge in [0.25, 0.3) is 0 Å². The fraction of sp³-hybridized carbons (Fsp3) is 0.800. The molecule has 1 aliphatic heterocycles. The molecule has 1 aliphatic rings. The molecule has 6 heteroatoms. The molecule has 148 valence electrons. The van der Waals surface area contributed by atoms with Crippen LogP contribution < -0.4 is 5.32 Å². The van der Waals surface area contributed by atoms with Crippen LogP contribution in [0.25, 0.3) is 0 Å². The van der Waals surface area contributed by atoms with Crippen molar-refractivity contribution in [3.05, 3.63) is 18.0 Å². The Morgan fingerprint density at radius 3 is 2.65 bits per heavy atom. The summed E-state index contributed by atoms with van der Waals surface area (Å²) in [6, 6.07) is 0. The highest BCUT2D eigenvalue weighted by Gasteiger charge is 2.26. The fourth-order valence-corrected chi connectivity index (χ4v) is 3.75. The van der Waals surface area contributed by atoms with Crippen LogP contribution in [0.3, 0.4) is 0 Å². The van der Waals surface area contributed by atoms with Crippen LogP contribution in [0, 0.1) is 0 Å². The third-order valence-corrected chi connectivity index (χ3v) is 4.99. The predicted molar refractivity (Wildman–Crippen MR) is 110 cm³/mol. The van der Waals surface area contributed by atoms with Gasteiger partial charge >= 0.3 is 0 Å². The lowest BCUT2D eigenvalue weighted by Crippen LogP contribution is -2.40. The van der Waals surface area contributed by atoms with Crippen molar-refractivity contribution in [1.82, 2.24) is 24.9 Å². The first kappa shape index (κ1) is 20.7. The first-order valence-electron chi connectivity index (χ1n) is 10.4. The standard InChI is InChI=1S/C20H38N6/c1-5-11-25(12-6-2)13-8-10-22-20(21-7-3)26-14-9-18(17-26)19-15-23-24(4)16-19/h15-16,18H,5-14,17H2,1-4H3,(H,21,22). The minimum atomic E-state index is 0.567. The second-order valence-corrected chi connectivity index (χ2v) is 7.31. The quantitative estimate of drug-likeness (QED) is 0.395. The SMILES string of the molecule is CCCN(CCC)CCCN=C(NCC)N1CCC(c2cnn(C)c2)C1. The van der Waals surface area contributed by atoms with Crippen molar-refractivity contribution >= 4 is 5.96 Å². The predicted octanol–water partition coefficient (Wildman–Crippen LogP) is 2.69. The van der Waals surface area contributed by atoms with Gasteiger partial charge in [-0.05, 0) is 57.8 Å². The second-order valence-electron chi connectivity index (χ2n) is 7.31. The zero-order chi connectivity index (χ0) is 18.8. The molecule has 6 nitrogen and oxygen atoms in total. The maximum atomic E-state index is 4.90. The number of nitrogens with zero attached hydrogens (tertiary/aromatic N) is 5. The molecular formula is C20H38N6. The Balaban J connectivity index is 1.84. The Morgan fingerprint density at radius 1 is 1.27 bits per heavy atom. The molecule has 0 radical (unpaired) electrons. The number of rotatable bonds is 10. The van der Waals surface area contributed by atoms with Gasteiger partial charge in [-0.1, -0.05) is 13.8 Å². The molecule has 0 saturated carbocycles. The van der Waals surface area contributed by atoms with Crippen LogP contribution in [0.4, 0.5) is 0 Å². The molecule has 0 amide bonds. The first-order valence-corrected chi connectivity index (χ1v) is 10.4. The number of hydrogen-bond donors (Lipinski definition) is 1. The second kappa shape index (κ2) is 11.2. The number of nitrogens with one attached hydrogen (secondary N) is 1. The van der Waals surface area contributed by atoms with Gasteiger partial charge in [-0.2, -0.15) is 5.10 Å². The summed E-state index contributed by atoms with van der Waals surface area (Å²) in [5.41, 5.74) is 1.35. The van der Waals surface area contributed by atoms with Crippen molar-refractivity contribution in [2.75, 3.05) is 45.8 Å². The van der Waals surface area contributed by atoms with E-state index >= 15 is 0 Å². The summed E-state index contributed by atoms with van der Waals surface area (Å²) in [5.74, 6) is 1.65. The third kappa shape index (κ3) is 6.31. The van der Waals surface area contributed by atoms with E-state index in [9.17, 15) is 0 Å². The van der Waals surface area contributed by atoms with Crippen molar-refractivity contribution in [2.24, 2.45) is 12.0 Å². The highest BCUT2D eigenvalue weighted by atomic mass is 15.3. The van der Waals surface area contributed by atoms with E-state index in [0.29, 0.717) is 5.92 Å². The van der Waals surface area contributed by atoms with Crippen molar-refractivity contribution in [1.29, 1.82) is 0 Å². The number of guanidine groups is 1. The van der Waals surface area contributed by atoms with Crippen LogP contribution in [-0.4, -0.2) is 71.4 Å². The van der Waals surface area contributed by atoms with E-state index in [4.69, 9.17) is 4.99 Å². The number of hydrogen-bond acceptors (Lipinski definition) is 3. The number of aromatic nitrogens is 2. The highest BCUT2D eigenvalue weighted by molar-refractivity contribution is 5.80. The molecule has 1 aromatic heterocycles. The molecule has 0 aromatic carbocycles. The van der Waals surface area contributed by atoms with Gasteiger partial charge in [-0.15, -0.1) is 0 Å². The molecule has 1 aromatic rings. The van der Waals surface area contributed by atoms with Crippen molar-refractivity contribution < 1.29 is 0 Å². The molecule has 1 saturated heterocycles. The minimum Gasteiger partial charge on any atom is -0.357 e. The van der Waals surface area contributed by atoms with Gasteiger partial charge in [-0.25, -0.2) is 0 Å². The average Bonchev–Trinajstić information content (AvgIpc) is 3.27. The number of aliphatic imine (C=N–C) groups is 1. The van der Waals surface area contributed by atoms with E-state index in [-0.39, 0.29) is 0 Å². The van der Waals surface area contributed by atoms with Gasteiger partial charge in [0.1, 0.15) is 0 Å². The number of likely N-dealkylation sites (tertiary alicyclic amines) is 1. The maximum absolute atomic E-state index is 4.90. The summed E-state index contributed by atoms with van der Waals surface area (Å²) in [4.78, 5) is 9.88. The molecule has 1 fully saturated rings. The Morgan fingerprint density at radius 2 is 2.04 bits per heavy atom. The molecule has 26 heavy (non-hydrogen) atoms. The van der Waals surface area contributed by atoms with Crippen LogP contribution in [0.5, 0.6) is 0 Å². The highest BCUT2D eigenvalue weighted by Crippen LogP contribution is 2.26. The van der Waals surface area contributed by atoms with Gasteiger partial charge in [0, 0.05) is 45.3 Å². The monoisotopic (exact) mass is 362 g/mol. The third-order valence-electron chi connectivity index (χ3n) is 4.99. The lowest BCUT2D eigenvalue weighted by molar-refractivity contribution is 0.273. The zero-order valence-electron chi connectivity index (χ0n) is 17.2. The summed E-state index contributed by atoms with van der Waals surface area (Å²) >= 11 is 0. The van der Waals surface area contributed by atoms with Crippen LogP contribution in [-0.2, 0) is 7.05 Å². The van der Waals surface area contributed by atoms with Crippen molar-refractivity contribution in [3.63, 3.8) is 0 Å². The van der Waals surface area contributed by atoms with Crippen molar-refractivity contribution in [2.45, 2.75) is 52.4 Å². The van der Waals surface area contributed by atoms with E-state index in [2.05, 4.69) is 47.2 Å². The van der Waals surface area contributed by atoms with Gasteiger partial charge in [-0.3, -0.25) is 9.67 Å². The smallest absolute Gasteiger partial charge is 0.193 e. The molecule has 1 atom stereocenters. The molecule has 2 rings (SSSR count). The summed E-state index contributed by atoms with van der Waals surface area (Å²) in [6.45, 7) is 14.2. The fourth-order valence-electron chi connectivity index (χ4n) is 3.75. The van der Waals surface area contributed by atoms with Crippen LogP contribution in [0.15, 0.2) is 17.4 Å². The van der Waals surface area contributed by atoms with Crippen LogP contribution in [0.1, 0.15) is 57.9 Å². The summed E-state index contributed by atoms with van der Waals surface area (Å²) < 4.78 is 1.90. The van der Waals surface area contributed by atoms with E-state index in [1.165, 1.54) is 37.9 Å². The zero-order valence-corrected chi connectivity index (χ0v) is 17.2. The molecule has 1 N–H and O–H groups in total. The molecule has 1 unspecified atom stereocenters. The maximum Gasteiger partial charge on any atom is 0.193 e. The van der Waals surface area contributed by atoms with Gasteiger partial charge in [0.05, 0.1) is 6.20 Å². The normalized spacial score (nSPS) is 18.1. The van der Waals surface area contributed by atoms with Gasteiger partial charge in [0.15, 0.2) is 5.96 Å². The largest absolute Gasteiger partial charge is 0.357 e. The molecular weight excluding hydrogens is 324 g/mol. The number of aryl methyl sites for hydroxylation is 1. The summed E-state index contributed by atoms with van der Waals surface area (Å²) in [5, 5.41) is 7.80. The van der Waals surface area contributed by atoms with Crippen molar-refractivity contribution in [3.8, 4) is 0 Å². The van der Waals surface area contributed by atoms with Gasteiger partial charge < -0.3 is 15.1 Å². The Bertz CT molecular complexity index is 532.